The number of ether oxygens (including phenoxy) is 2. The van der Waals surface area contributed by atoms with E-state index in [-0.39, 0.29) is 30.1 Å². The second kappa shape index (κ2) is 12.1. The van der Waals surface area contributed by atoms with Crippen LogP contribution >= 0.6 is 11.8 Å². The highest BCUT2D eigenvalue weighted by Crippen LogP contribution is 2.68. The third-order valence-electron chi connectivity index (χ3n) is 9.60. The topological polar surface area (TPSA) is 93.1 Å². The summed E-state index contributed by atoms with van der Waals surface area (Å²) in [5, 5.41) is 12.0. The molecule has 3 unspecified atom stereocenters. The van der Waals surface area contributed by atoms with Crippen molar-refractivity contribution in [3.63, 3.8) is 0 Å². The number of allylic oxidation sites excluding steroid dienone is 1. The van der Waals surface area contributed by atoms with E-state index in [4.69, 9.17) is 9.47 Å². The van der Waals surface area contributed by atoms with E-state index < -0.39 is 50.9 Å². The number of β-lactam (4-membered cyclic amide) rings is 1. The average molecular weight is 664 g/mol. The molecule has 2 aliphatic heterocycles. The first-order valence-electron chi connectivity index (χ1n) is 15.8. The quantitative estimate of drug-likeness (QED) is 0.0703. The second-order valence-electron chi connectivity index (χ2n) is 12.9. The average Bonchev–Trinajstić information content (AvgIpc) is 3.64. The number of halogens is 1. The van der Waals surface area contributed by atoms with Crippen LogP contribution in [0.15, 0.2) is 127 Å². The van der Waals surface area contributed by atoms with Crippen LogP contribution in [0.25, 0.3) is 0 Å². The van der Waals surface area contributed by atoms with Gasteiger partial charge in [0.25, 0.3) is 0 Å². The minimum atomic E-state index is -1.92. The van der Waals surface area contributed by atoms with Crippen LogP contribution in [0.2, 0.25) is 0 Å². The lowest BCUT2D eigenvalue weighted by Crippen LogP contribution is -2.73. The molecule has 2 fully saturated rings. The number of rotatable bonds is 9. The summed E-state index contributed by atoms with van der Waals surface area (Å²) in [7, 11) is 0. The molecule has 0 saturated carbocycles. The number of aliphatic hydroxyl groups is 1. The molecule has 7 rings (SSSR count). The number of ketones is 1. The maximum absolute atomic E-state index is 14.8. The predicted molar refractivity (Wildman–Crippen MR) is 179 cm³/mol. The summed E-state index contributed by atoms with van der Waals surface area (Å²) >= 11 is 1.47. The maximum atomic E-state index is 14.8. The van der Waals surface area contributed by atoms with E-state index in [0.717, 1.165) is 5.56 Å². The lowest BCUT2D eigenvalue weighted by molar-refractivity contribution is -0.270. The number of esters is 1. The molecule has 1 spiro atoms. The van der Waals surface area contributed by atoms with Gasteiger partial charge in [-0.1, -0.05) is 84.9 Å². The smallest absolute Gasteiger partial charge is 0.339 e. The van der Waals surface area contributed by atoms with Crippen molar-refractivity contribution in [1.29, 1.82) is 0 Å². The molecule has 1 amide bonds. The van der Waals surface area contributed by atoms with Crippen LogP contribution < -0.4 is 4.74 Å². The first-order valence-corrected chi connectivity index (χ1v) is 16.7. The molecule has 0 bridgehead atoms. The minimum absolute atomic E-state index is 0.0849. The van der Waals surface area contributed by atoms with Crippen LogP contribution in [-0.2, 0) is 26.7 Å². The van der Waals surface area contributed by atoms with Gasteiger partial charge in [-0.15, -0.1) is 11.8 Å². The minimum Gasteiger partial charge on any atom is -0.423 e. The van der Waals surface area contributed by atoms with Crippen molar-refractivity contribution in [2.45, 2.75) is 48.8 Å². The first-order chi connectivity index (χ1) is 23.1. The number of para-hydroxylation sites is 1. The van der Waals surface area contributed by atoms with E-state index >= 15 is 0 Å². The Kier molecular flexibility index (Phi) is 8.10. The number of benzene rings is 4. The Balaban J connectivity index is 1.27. The van der Waals surface area contributed by atoms with Crippen molar-refractivity contribution in [3.8, 4) is 5.75 Å². The van der Waals surface area contributed by atoms with Gasteiger partial charge in [0.1, 0.15) is 17.6 Å². The van der Waals surface area contributed by atoms with Crippen LogP contribution in [0.5, 0.6) is 5.75 Å². The fourth-order valence-electron chi connectivity index (χ4n) is 7.42. The molecule has 4 aromatic carbocycles. The number of carbonyl (C=O) groups excluding carboxylic acids is 3. The predicted octanol–water partition coefficient (Wildman–Crippen LogP) is 6.67. The number of hydrogen-bond acceptors (Lipinski definition) is 7. The van der Waals surface area contributed by atoms with Crippen LogP contribution in [0.3, 0.4) is 0 Å². The van der Waals surface area contributed by atoms with Gasteiger partial charge < -0.3 is 19.5 Å². The molecule has 2 heterocycles. The molecule has 9 heteroatoms. The van der Waals surface area contributed by atoms with E-state index in [2.05, 4.69) is 0 Å². The molecule has 7 nitrogen and oxygen atoms in total. The van der Waals surface area contributed by atoms with E-state index in [9.17, 15) is 23.9 Å². The molecule has 2 saturated heterocycles. The van der Waals surface area contributed by atoms with E-state index in [1.54, 1.807) is 65.6 Å². The lowest BCUT2D eigenvalue weighted by atomic mass is 9.64. The van der Waals surface area contributed by atoms with Crippen molar-refractivity contribution in [1.82, 2.24) is 4.90 Å². The Morgan fingerprint density at radius 1 is 0.917 bits per heavy atom. The summed E-state index contributed by atoms with van der Waals surface area (Å²) in [5.74, 6) is -4.88. The van der Waals surface area contributed by atoms with Crippen molar-refractivity contribution < 1.29 is 33.4 Å². The van der Waals surface area contributed by atoms with E-state index in [1.165, 1.54) is 36.0 Å². The molecular formula is C39H34FNO6S. The van der Waals surface area contributed by atoms with Gasteiger partial charge >= 0.3 is 5.97 Å². The zero-order valence-corrected chi connectivity index (χ0v) is 27.2. The third kappa shape index (κ3) is 5.17. The van der Waals surface area contributed by atoms with Gasteiger partial charge in [0.2, 0.25) is 11.7 Å². The summed E-state index contributed by atoms with van der Waals surface area (Å²) < 4.78 is 25.2. The van der Waals surface area contributed by atoms with Crippen molar-refractivity contribution in [3.05, 3.63) is 149 Å². The molecule has 48 heavy (non-hydrogen) atoms. The number of fused-ring (bicyclic) bond motifs is 2. The van der Waals surface area contributed by atoms with Crippen LogP contribution in [-0.4, -0.2) is 43.8 Å². The van der Waals surface area contributed by atoms with Crippen LogP contribution in [0.4, 0.5) is 4.39 Å². The van der Waals surface area contributed by atoms with E-state index in [0.29, 0.717) is 11.3 Å². The van der Waals surface area contributed by atoms with Gasteiger partial charge in [-0.2, -0.15) is 0 Å². The highest BCUT2D eigenvalue weighted by molar-refractivity contribution is 8.01. The van der Waals surface area contributed by atoms with Gasteiger partial charge in [0.05, 0.1) is 23.3 Å². The molecule has 0 radical (unpaired) electrons. The van der Waals surface area contributed by atoms with Gasteiger partial charge in [-0.3, -0.25) is 9.59 Å². The maximum Gasteiger partial charge on any atom is 0.339 e. The molecule has 4 aromatic rings. The van der Waals surface area contributed by atoms with Crippen molar-refractivity contribution in [2.24, 2.45) is 11.3 Å². The monoisotopic (exact) mass is 663 g/mol. The summed E-state index contributed by atoms with van der Waals surface area (Å²) in [4.78, 5) is 44.5. The van der Waals surface area contributed by atoms with Crippen LogP contribution in [0, 0.1) is 17.2 Å². The fraction of sp³-hybridized carbons (Fsp3) is 0.256. The summed E-state index contributed by atoms with van der Waals surface area (Å²) in [6, 6.07) is 31.2. The lowest BCUT2D eigenvalue weighted by Gasteiger charge is -2.56. The largest absolute Gasteiger partial charge is 0.423 e. The summed E-state index contributed by atoms with van der Waals surface area (Å²) in [6.45, 7) is 3.99. The summed E-state index contributed by atoms with van der Waals surface area (Å²) in [5.41, 5.74) is 0.277. The molecule has 244 valence electrons. The SMILES string of the molecule is CC1(C)S[C@H]2N(C(=O)C23CC=C(C(=O)Oc2ccccc2)C3C(=O)c2ccc(F)cc2)[C@H]1C(O)(OCc1ccccc1)c1ccccc1. The van der Waals surface area contributed by atoms with Crippen molar-refractivity contribution >= 4 is 29.4 Å². The van der Waals surface area contributed by atoms with Gasteiger partial charge in [0.15, 0.2) is 5.78 Å². The fourth-order valence-corrected chi connectivity index (χ4v) is 9.27. The first kappa shape index (κ1) is 32.0. The standard InChI is InChI=1S/C39H34FNO6S/c1-37(2)34(39(45,27-14-8-4-9-15-27)46-24-25-12-6-3-7-13-25)41-35(44)38(36(41)48-37)23-22-30(33(43)47-29-16-10-5-11-17-29)31(38)32(42)26-18-20-28(40)21-19-26/h3-22,31,34,36,45H,23-24H2,1-2H3/t31?,34-,36-,38?,39?/m1/s1. The van der Waals surface area contributed by atoms with Crippen LogP contribution in [0.1, 0.15) is 41.8 Å². The Morgan fingerprint density at radius 3 is 2.17 bits per heavy atom. The number of hydrogen-bond donors (Lipinski definition) is 1. The highest BCUT2D eigenvalue weighted by Gasteiger charge is 2.77. The Bertz CT molecular complexity index is 1880. The number of thioether (sulfide) groups is 1. The Labute approximate surface area is 282 Å². The molecule has 0 aromatic heterocycles. The summed E-state index contributed by atoms with van der Waals surface area (Å²) in [6.07, 6.45) is 1.75. The number of nitrogens with zero attached hydrogens (tertiary/aromatic N) is 1. The zero-order valence-electron chi connectivity index (χ0n) is 26.4. The second-order valence-corrected chi connectivity index (χ2v) is 14.7. The number of carbonyl (C=O) groups is 3. The van der Waals surface area contributed by atoms with Gasteiger partial charge in [-0.25, -0.2) is 9.18 Å². The highest BCUT2D eigenvalue weighted by atomic mass is 32.2. The Hall–Kier alpha value is -4.57. The molecular weight excluding hydrogens is 629 g/mol. The normalized spacial score (nSPS) is 25.2. The third-order valence-corrected chi connectivity index (χ3v) is 11.3. The van der Waals surface area contributed by atoms with Gasteiger partial charge in [-0.05, 0) is 62.2 Å². The van der Waals surface area contributed by atoms with Gasteiger partial charge in [0, 0.05) is 21.4 Å². The zero-order chi connectivity index (χ0) is 33.7. The number of amides is 1. The molecule has 3 aliphatic rings. The van der Waals surface area contributed by atoms with E-state index in [1.807, 2.05) is 50.2 Å². The molecule has 5 atom stereocenters. The van der Waals surface area contributed by atoms with Crippen molar-refractivity contribution in [2.75, 3.05) is 0 Å². The molecule has 1 N–H and O–H groups in total. The molecule has 1 aliphatic carbocycles. The number of Topliss-reactive ketones (excluding diaryl/α,β-unsaturated/α-hetero) is 1. The Morgan fingerprint density at radius 2 is 1.52 bits per heavy atom.